The van der Waals surface area contributed by atoms with Crippen LogP contribution in [0.3, 0.4) is 0 Å². The number of rotatable bonds is 5. The van der Waals surface area contributed by atoms with Gasteiger partial charge in [-0.3, -0.25) is 10.1 Å². The molecule has 0 fully saturated rings. The highest BCUT2D eigenvalue weighted by atomic mass is 16.6. The molecule has 1 aliphatic rings. The molecule has 24 heavy (non-hydrogen) atoms. The Balaban J connectivity index is 2.49. The van der Waals surface area contributed by atoms with Crippen molar-refractivity contribution >= 4 is 17.7 Å². The van der Waals surface area contributed by atoms with Gasteiger partial charge in [0.05, 0.1) is 16.5 Å². The molecular formula is C15H14N3O6-. The van der Waals surface area contributed by atoms with Crippen molar-refractivity contribution in [2.75, 3.05) is 6.61 Å². The molecule has 2 amide bonds. The van der Waals surface area contributed by atoms with Gasteiger partial charge in [-0.25, -0.2) is 9.59 Å². The van der Waals surface area contributed by atoms with Crippen molar-refractivity contribution in [3.63, 3.8) is 0 Å². The van der Waals surface area contributed by atoms with Crippen LogP contribution in [0.4, 0.5) is 10.5 Å². The Bertz CT molecular complexity index is 756. The van der Waals surface area contributed by atoms with Gasteiger partial charge in [0.25, 0.3) is 5.69 Å². The fourth-order valence-electron chi connectivity index (χ4n) is 2.28. The first-order valence-corrected chi connectivity index (χ1v) is 6.86. The molecule has 1 aromatic carbocycles. The fourth-order valence-corrected chi connectivity index (χ4v) is 2.28. The van der Waals surface area contributed by atoms with Crippen molar-refractivity contribution in [2.24, 2.45) is 0 Å². The average Bonchev–Trinajstić information content (AvgIpc) is 2.52. The van der Waals surface area contributed by atoms with Crippen LogP contribution in [0.15, 0.2) is 42.1 Å². The molecule has 0 aromatic heterocycles. The molecule has 1 aliphatic heterocycles. The van der Waals surface area contributed by atoms with E-state index in [-0.39, 0.29) is 23.4 Å². The van der Waals surface area contributed by atoms with Gasteiger partial charge in [0.2, 0.25) is 0 Å². The number of carbonyl (C=O) groups excluding carboxylic acids is 2. The Morgan fingerprint density at radius 1 is 1.50 bits per heavy atom. The lowest BCUT2D eigenvalue weighted by Gasteiger charge is -2.28. The van der Waals surface area contributed by atoms with Crippen LogP contribution in [-0.4, -0.2) is 23.5 Å². The maximum Gasteiger partial charge on any atom is 0.338 e. The topological polar surface area (TPSA) is 134 Å². The van der Waals surface area contributed by atoms with Crippen molar-refractivity contribution in [3.8, 4) is 5.75 Å². The molecule has 0 radical (unpaired) electrons. The summed E-state index contributed by atoms with van der Waals surface area (Å²) in [5, 5.41) is 27.4. The van der Waals surface area contributed by atoms with E-state index in [1.165, 1.54) is 19.1 Å². The number of ether oxygens (including phenoxy) is 1. The number of hydrogen-bond acceptors (Lipinski definition) is 6. The summed E-state index contributed by atoms with van der Waals surface area (Å²) in [5.74, 6) is -1.47. The molecule has 0 bridgehead atoms. The molecule has 0 saturated carbocycles. The number of nitrogens with zero attached hydrogens (tertiary/aromatic N) is 1. The standard InChI is InChI=1S/C15H15N3O6/c1-3-6-24-14(20)12-8(2)16-15(21)17-13(12)9-4-5-11(19)10(7-9)18(22)23/h3-5,7,13,19H,1,6H2,2H3,(H2,16,17,21)/p-1/t13-/m0/s1. The summed E-state index contributed by atoms with van der Waals surface area (Å²) in [6, 6.07) is 1.82. The van der Waals surface area contributed by atoms with E-state index in [9.17, 15) is 24.8 Å². The fraction of sp³-hybridized carbons (Fsp3) is 0.200. The molecule has 2 rings (SSSR count). The van der Waals surface area contributed by atoms with Crippen LogP contribution in [0.25, 0.3) is 0 Å². The number of amides is 2. The number of nitro benzene ring substituents is 1. The average molecular weight is 332 g/mol. The van der Waals surface area contributed by atoms with E-state index in [1.807, 2.05) is 0 Å². The second kappa shape index (κ2) is 6.82. The molecule has 0 spiro atoms. The van der Waals surface area contributed by atoms with Crippen LogP contribution in [0.5, 0.6) is 5.75 Å². The Labute approximate surface area is 136 Å². The molecule has 0 unspecified atom stereocenters. The van der Waals surface area contributed by atoms with E-state index in [4.69, 9.17) is 4.74 Å². The second-order valence-electron chi connectivity index (χ2n) is 4.94. The first kappa shape index (κ1) is 17.0. The molecule has 0 aliphatic carbocycles. The predicted molar refractivity (Wildman–Crippen MR) is 80.8 cm³/mol. The number of nitro groups is 1. The number of urea groups is 1. The number of esters is 1. The third-order valence-electron chi connectivity index (χ3n) is 3.33. The molecular weight excluding hydrogens is 318 g/mol. The summed E-state index contributed by atoms with van der Waals surface area (Å²) in [7, 11) is 0. The summed E-state index contributed by atoms with van der Waals surface area (Å²) >= 11 is 0. The van der Waals surface area contributed by atoms with Crippen LogP contribution in [0.2, 0.25) is 0 Å². The maximum absolute atomic E-state index is 12.2. The lowest BCUT2D eigenvalue weighted by molar-refractivity contribution is -0.398. The lowest BCUT2D eigenvalue weighted by atomic mass is 9.95. The van der Waals surface area contributed by atoms with Crippen molar-refractivity contribution in [2.45, 2.75) is 13.0 Å². The van der Waals surface area contributed by atoms with Crippen molar-refractivity contribution in [1.29, 1.82) is 0 Å². The van der Waals surface area contributed by atoms with Gasteiger partial charge in [0, 0.05) is 11.8 Å². The van der Waals surface area contributed by atoms with E-state index < -0.39 is 34.4 Å². The van der Waals surface area contributed by atoms with Gasteiger partial charge in [-0.1, -0.05) is 24.8 Å². The van der Waals surface area contributed by atoms with Gasteiger partial charge in [-0.15, -0.1) is 0 Å². The van der Waals surface area contributed by atoms with E-state index >= 15 is 0 Å². The van der Waals surface area contributed by atoms with Gasteiger partial charge in [-0.2, -0.15) is 0 Å². The zero-order valence-electron chi connectivity index (χ0n) is 12.7. The Kier molecular flexibility index (Phi) is 4.83. The molecule has 9 nitrogen and oxygen atoms in total. The molecule has 0 saturated heterocycles. The van der Waals surface area contributed by atoms with E-state index in [0.29, 0.717) is 0 Å². The maximum atomic E-state index is 12.2. The Morgan fingerprint density at radius 2 is 2.21 bits per heavy atom. The normalized spacial score (nSPS) is 16.9. The highest BCUT2D eigenvalue weighted by Crippen LogP contribution is 2.32. The SMILES string of the molecule is C=CCOC(=O)C1=C(C)NC(=O)N[C@H]1c1ccc([O-])c([N+](=O)[O-])c1. The molecule has 1 atom stereocenters. The van der Waals surface area contributed by atoms with Crippen molar-refractivity contribution in [1.82, 2.24) is 10.6 Å². The van der Waals surface area contributed by atoms with Gasteiger partial charge < -0.3 is 20.5 Å². The zero-order valence-corrected chi connectivity index (χ0v) is 12.7. The number of benzene rings is 1. The smallest absolute Gasteiger partial charge is 0.338 e. The van der Waals surface area contributed by atoms with E-state index in [0.717, 1.165) is 12.1 Å². The Hall–Kier alpha value is -3.36. The van der Waals surface area contributed by atoms with Crippen molar-refractivity contribution in [3.05, 3.63) is 57.8 Å². The minimum absolute atomic E-state index is 0.0318. The third kappa shape index (κ3) is 3.35. The van der Waals surface area contributed by atoms with Crippen LogP contribution in [-0.2, 0) is 9.53 Å². The largest absolute Gasteiger partial charge is 0.868 e. The minimum atomic E-state index is -0.977. The quantitative estimate of drug-likeness (QED) is 0.358. The summed E-state index contributed by atoms with van der Waals surface area (Å²) in [6.45, 7) is 4.91. The molecule has 1 heterocycles. The number of nitrogens with one attached hydrogen (secondary N) is 2. The monoisotopic (exact) mass is 332 g/mol. The summed E-state index contributed by atoms with van der Waals surface area (Å²) in [6.07, 6.45) is 1.38. The van der Waals surface area contributed by atoms with Gasteiger partial charge >= 0.3 is 12.0 Å². The van der Waals surface area contributed by atoms with Crippen LogP contribution in [0, 0.1) is 10.1 Å². The van der Waals surface area contributed by atoms with E-state index in [1.54, 1.807) is 0 Å². The van der Waals surface area contributed by atoms with Gasteiger partial charge in [-0.05, 0) is 18.2 Å². The van der Waals surface area contributed by atoms with Crippen LogP contribution < -0.4 is 15.7 Å². The summed E-state index contributed by atoms with van der Waals surface area (Å²) in [4.78, 5) is 34.0. The summed E-state index contributed by atoms with van der Waals surface area (Å²) in [5.41, 5.74) is -0.0751. The lowest BCUT2D eigenvalue weighted by Crippen LogP contribution is -2.45. The van der Waals surface area contributed by atoms with E-state index in [2.05, 4.69) is 17.2 Å². The first-order valence-electron chi connectivity index (χ1n) is 6.86. The molecule has 9 heteroatoms. The van der Waals surface area contributed by atoms with Crippen LogP contribution >= 0.6 is 0 Å². The molecule has 126 valence electrons. The minimum Gasteiger partial charge on any atom is -0.868 e. The number of carbonyl (C=O) groups is 2. The van der Waals surface area contributed by atoms with Gasteiger partial charge in [0.1, 0.15) is 6.61 Å². The highest BCUT2D eigenvalue weighted by Gasteiger charge is 2.32. The first-order chi connectivity index (χ1) is 11.3. The number of allylic oxidation sites excluding steroid dienone is 1. The third-order valence-corrected chi connectivity index (χ3v) is 3.33. The van der Waals surface area contributed by atoms with Crippen LogP contribution in [0.1, 0.15) is 18.5 Å². The second-order valence-corrected chi connectivity index (χ2v) is 4.94. The Morgan fingerprint density at radius 3 is 2.83 bits per heavy atom. The summed E-state index contributed by atoms with van der Waals surface area (Å²) < 4.78 is 4.99. The van der Waals surface area contributed by atoms with Gasteiger partial charge in [0.15, 0.2) is 0 Å². The number of hydrogen-bond donors (Lipinski definition) is 2. The molecule has 1 aromatic rings. The predicted octanol–water partition coefficient (Wildman–Crippen LogP) is 1.03. The zero-order chi connectivity index (χ0) is 17.9. The molecule has 2 N–H and O–H groups in total. The highest BCUT2D eigenvalue weighted by molar-refractivity contribution is 5.95. The van der Waals surface area contributed by atoms with Crippen molar-refractivity contribution < 1.29 is 24.4 Å².